The molecular formula is C33H48FN3O6. The summed E-state index contributed by atoms with van der Waals surface area (Å²) in [6, 6.07) is 5.06. The molecule has 10 heteroatoms. The number of likely N-dealkylation sites (N-methyl/N-ethyl adjacent to an activating group) is 1. The molecule has 6 atom stereocenters. The molecule has 0 spiro atoms. The van der Waals surface area contributed by atoms with Crippen LogP contribution >= 0.6 is 0 Å². The van der Waals surface area contributed by atoms with E-state index in [-0.39, 0.29) is 36.2 Å². The number of esters is 1. The molecule has 4 rings (SSSR count). The predicted octanol–water partition coefficient (Wildman–Crippen LogP) is 4.49. The highest BCUT2D eigenvalue weighted by Crippen LogP contribution is 2.28. The molecule has 43 heavy (non-hydrogen) atoms. The van der Waals surface area contributed by atoms with Crippen LogP contribution in [0.25, 0.3) is 6.08 Å². The molecule has 2 fully saturated rings. The maximum atomic E-state index is 14.8. The summed E-state index contributed by atoms with van der Waals surface area (Å²) in [4.78, 5) is 31.9. The second-order valence-corrected chi connectivity index (χ2v) is 12.5. The number of halogens is 1. The Kier molecular flexibility index (Phi) is 11.6. The smallest absolute Gasteiger partial charge is 0.410 e. The van der Waals surface area contributed by atoms with Gasteiger partial charge in [-0.25, -0.2) is 9.18 Å². The van der Waals surface area contributed by atoms with E-state index in [1.165, 1.54) is 12.1 Å². The Balaban J connectivity index is 1.57. The molecule has 0 aliphatic carbocycles. The lowest BCUT2D eigenvalue weighted by Crippen LogP contribution is -2.48. The average Bonchev–Trinajstić information content (AvgIpc) is 2.96. The van der Waals surface area contributed by atoms with E-state index < -0.39 is 24.3 Å². The van der Waals surface area contributed by atoms with Gasteiger partial charge in [0.15, 0.2) is 0 Å². The zero-order valence-electron chi connectivity index (χ0n) is 26.2. The summed E-state index contributed by atoms with van der Waals surface area (Å²) in [5, 5.41) is 10.6. The molecule has 1 aromatic rings. The van der Waals surface area contributed by atoms with Crippen molar-refractivity contribution < 1.29 is 33.3 Å². The van der Waals surface area contributed by atoms with E-state index in [9.17, 15) is 19.1 Å². The minimum atomic E-state index is -0.867. The van der Waals surface area contributed by atoms with Gasteiger partial charge in [0.05, 0.1) is 25.7 Å². The Morgan fingerprint density at radius 1 is 1.07 bits per heavy atom. The van der Waals surface area contributed by atoms with Crippen molar-refractivity contribution in [3.8, 4) is 0 Å². The number of carbonyl (C=O) groups is 2. The molecule has 0 radical (unpaired) electrons. The molecule has 1 amide bonds. The molecule has 1 aromatic carbocycles. The summed E-state index contributed by atoms with van der Waals surface area (Å²) >= 11 is 0. The number of anilines is 1. The number of carbonyl (C=O) groups excluding carboxylic acids is 2. The highest BCUT2D eigenvalue weighted by atomic mass is 19.1. The molecule has 3 aliphatic heterocycles. The maximum Gasteiger partial charge on any atom is 0.410 e. The second-order valence-electron chi connectivity index (χ2n) is 12.5. The van der Waals surface area contributed by atoms with Gasteiger partial charge in [-0.15, -0.1) is 0 Å². The van der Waals surface area contributed by atoms with Crippen molar-refractivity contribution in [2.24, 2.45) is 11.8 Å². The minimum absolute atomic E-state index is 0.0617. The molecule has 0 saturated carbocycles. The third-order valence-corrected chi connectivity index (χ3v) is 8.70. The van der Waals surface area contributed by atoms with Gasteiger partial charge in [0.25, 0.3) is 0 Å². The van der Waals surface area contributed by atoms with Crippen molar-refractivity contribution in [1.82, 2.24) is 9.80 Å². The Bertz CT molecular complexity index is 1170. The number of aliphatic hydroxyl groups is 1. The quantitative estimate of drug-likeness (QED) is 0.399. The van der Waals surface area contributed by atoms with Crippen LogP contribution in [-0.2, 0) is 19.0 Å². The van der Waals surface area contributed by atoms with Crippen molar-refractivity contribution in [2.75, 3.05) is 57.9 Å². The number of cyclic esters (lactones) is 1. The zero-order chi connectivity index (χ0) is 31.1. The molecule has 0 unspecified atom stereocenters. The number of amides is 1. The van der Waals surface area contributed by atoms with E-state index in [1.807, 2.05) is 59.0 Å². The molecule has 9 nitrogen and oxygen atoms in total. The first-order chi connectivity index (χ1) is 20.5. The standard InChI is InChI=1S/C33H48FN3O6/c1-22-6-8-29(38)20-31(39)43-32(23(2)7-9-30(22)42-33(40)36-12-10-35(5)11-13-36)24(3)16-26-17-27(34)19-28(18-26)37-14-15-41-21-25(37)4/h7,9,16-19,22-23,25,29-30,32,38H,6,8,10-15,20-21H2,1-5H3/b9-7-,24-16+/t22-,23-,25-,29+,30-,32-/m0/s1. The van der Waals surface area contributed by atoms with Crippen LogP contribution in [0.1, 0.15) is 52.5 Å². The van der Waals surface area contributed by atoms with Gasteiger partial charge in [-0.1, -0.05) is 26.0 Å². The number of hydrogen-bond donors (Lipinski definition) is 1. The van der Waals surface area contributed by atoms with Gasteiger partial charge in [0, 0.05) is 50.4 Å². The summed E-state index contributed by atoms with van der Waals surface area (Å²) < 4.78 is 32.2. The van der Waals surface area contributed by atoms with Crippen molar-refractivity contribution in [3.63, 3.8) is 0 Å². The Hall–Kier alpha value is -2.95. The van der Waals surface area contributed by atoms with Crippen molar-refractivity contribution in [3.05, 3.63) is 47.3 Å². The lowest BCUT2D eigenvalue weighted by atomic mass is 9.91. The maximum absolute atomic E-state index is 14.8. The Labute approximate surface area is 255 Å². The number of aliphatic hydroxyl groups excluding tert-OH is 1. The number of morpholine rings is 1. The summed E-state index contributed by atoms with van der Waals surface area (Å²) in [6.45, 7) is 12.5. The Morgan fingerprint density at radius 3 is 2.53 bits per heavy atom. The molecule has 238 valence electrons. The zero-order valence-corrected chi connectivity index (χ0v) is 26.2. The van der Waals surface area contributed by atoms with Crippen molar-refractivity contribution >= 4 is 23.8 Å². The largest absolute Gasteiger partial charge is 0.457 e. The summed E-state index contributed by atoms with van der Waals surface area (Å²) in [5.74, 6) is -1.17. The summed E-state index contributed by atoms with van der Waals surface area (Å²) in [6.07, 6.45) is 4.13. The predicted molar refractivity (Wildman–Crippen MR) is 164 cm³/mol. The van der Waals surface area contributed by atoms with Crippen LogP contribution in [0.4, 0.5) is 14.9 Å². The first-order valence-corrected chi connectivity index (χ1v) is 15.5. The molecule has 0 bridgehead atoms. The molecule has 2 saturated heterocycles. The lowest BCUT2D eigenvalue weighted by molar-refractivity contribution is -0.151. The monoisotopic (exact) mass is 601 g/mol. The Morgan fingerprint density at radius 2 is 1.81 bits per heavy atom. The number of piperazine rings is 1. The van der Waals surface area contributed by atoms with Crippen LogP contribution in [-0.4, -0.2) is 104 Å². The van der Waals surface area contributed by atoms with Gasteiger partial charge in [0.1, 0.15) is 18.0 Å². The average molecular weight is 602 g/mol. The first-order valence-electron chi connectivity index (χ1n) is 15.5. The normalized spacial score (nSPS) is 31.0. The summed E-state index contributed by atoms with van der Waals surface area (Å²) in [7, 11) is 2.03. The highest BCUT2D eigenvalue weighted by Gasteiger charge is 2.29. The van der Waals surface area contributed by atoms with Crippen LogP contribution in [0.2, 0.25) is 0 Å². The van der Waals surface area contributed by atoms with Gasteiger partial charge in [-0.2, -0.15) is 0 Å². The summed E-state index contributed by atoms with van der Waals surface area (Å²) in [5.41, 5.74) is 2.18. The molecular weight excluding hydrogens is 553 g/mol. The third kappa shape index (κ3) is 9.27. The van der Waals surface area contributed by atoms with Gasteiger partial charge < -0.3 is 34.0 Å². The number of benzene rings is 1. The fraction of sp³-hybridized carbons (Fsp3) is 0.636. The van der Waals surface area contributed by atoms with E-state index in [2.05, 4.69) is 9.80 Å². The van der Waals surface area contributed by atoms with E-state index in [0.717, 1.165) is 24.4 Å². The third-order valence-electron chi connectivity index (χ3n) is 8.70. The number of nitrogens with zero attached hydrogens (tertiary/aromatic N) is 3. The molecule has 3 aliphatic rings. The fourth-order valence-corrected chi connectivity index (χ4v) is 5.93. The van der Waals surface area contributed by atoms with Crippen molar-refractivity contribution in [1.29, 1.82) is 0 Å². The second kappa shape index (κ2) is 15.2. The lowest BCUT2D eigenvalue weighted by Gasteiger charge is -2.35. The van der Waals surface area contributed by atoms with Crippen LogP contribution in [0.5, 0.6) is 0 Å². The van der Waals surface area contributed by atoms with Crippen LogP contribution in [0, 0.1) is 17.7 Å². The van der Waals surface area contributed by atoms with Crippen molar-refractivity contribution in [2.45, 2.75) is 71.3 Å². The van der Waals surface area contributed by atoms with Gasteiger partial charge >= 0.3 is 12.1 Å². The first kappa shape index (κ1) is 33.0. The van der Waals surface area contributed by atoms with Gasteiger partial charge in [0.2, 0.25) is 0 Å². The van der Waals surface area contributed by atoms with E-state index in [1.54, 1.807) is 4.90 Å². The molecule has 0 aromatic heterocycles. The van der Waals surface area contributed by atoms with E-state index >= 15 is 0 Å². The van der Waals surface area contributed by atoms with Gasteiger partial charge in [-0.05, 0) is 75.1 Å². The van der Waals surface area contributed by atoms with Crippen LogP contribution in [0.15, 0.2) is 35.9 Å². The number of ether oxygens (including phenoxy) is 3. The number of hydrogen-bond acceptors (Lipinski definition) is 8. The molecule has 3 heterocycles. The highest BCUT2D eigenvalue weighted by molar-refractivity contribution is 5.71. The van der Waals surface area contributed by atoms with Gasteiger partial charge in [-0.3, -0.25) is 4.79 Å². The number of rotatable bonds is 4. The van der Waals surface area contributed by atoms with Crippen LogP contribution in [0.3, 0.4) is 0 Å². The van der Waals surface area contributed by atoms with E-state index in [0.29, 0.717) is 51.3 Å². The SMILES string of the molecule is C/C(=C\c1cc(F)cc(N2CCOC[C@@H]2C)c1)[C@H]1OC(=O)C[C@H](O)CC[C@H](C)[C@@H](OC(=O)N2CCN(C)CC2)/C=C\[C@@H]1C. The molecule has 1 N–H and O–H groups in total. The topological polar surface area (TPSA) is 91.8 Å². The van der Waals surface area contributed by atoms with E-state index in [4.69, 9.17) is 14.2 Å². The van der Waals surface area contributed by atoms with Crippen LogP contribution < -0.4 is 4.90 Å². The minimum Gasteiger partial charge on any atom is -0.457 e. The fourth-order valence-electron chi connectivity index (χ4n) is 5.93.